The second kappa shape index (κ2) is 49.6. The third-order valence-corrected chi connectivity index (χ3v) is 6.23. The first-order chi connectivity index (χ1) is 26.3. The van der Waals surface area contributed by atoms with Gasteiger partial charge in [-0.25, -0.2) is 0 Å². The molecule has 0 aliphatic heterocycles. The Bertz CT molecular complexity index is 646. The molecule has 0 heterocycles. The van der Waals surface area contributed by atoms with Gasteiger partial charge in [0, 0.05) is 0 Å². The van der Waals surface area contributed by atoms with Gasteiger partial charge in [0.1, 0.15) is 5.44 Å². The largest absolute Gasteiger partial charge is 0.394 e. The smallest absolute Gasteiger partial charge is 0.120 e. The van der Waals surface area contributed by atoms with E-state index in [4.69, 9.17) is 86.0 Å². The van der Waals surface area contributed by atoms with Gasteiger partial charge in [0.15, 0.2) is 0 Å². The SMILES string of the molecule is OCCOCCOCCOCCOCCOCCOCCOCCOCCOCCOCCOCCOCCOCCOCCOCCOCC(O)S. The molecule has 0 aromatic heterocycles. The molecule has 0 rings (SSSR count). The van der Waals surface area contributed by atoms with E-state index in [1.807, 2.05) is 0 Å². The second-order valence-corrected chi connectivity index (χ2v) is 11.1. The van der Waals surface area contributed by atoms with Gasteiger partial charge in [0.05, 0.1) is 218 Å². The minimum absolute atomic E-state index is 0.0206. The van der Waals surface area contributed by atoms with E-state index in [-0.39, 0.29) is 13.2 Å². The maximum Gasteiger partial charge on any atom is 0.120 e. The summed E-state index contributed by atoms with van der Waals surface area (Å²) in [4.78, 5) is 0. The standard InChI is InChI=1S/C34H70O18S/c35-1-2-37-3-4-38-5-6-39-7-8-40-9-10-41-11-12-42-13-14-43-15-16-44-17-18-45-19-20-46-21-22-47-23-24-48-25-26-49-27-28-50-29-30-51-31-32-52-33-34(36)53/h34-36,53H,1-33H2. The zero-order chi connectivity index (χ0) is 38.2. The molecule has 18 nitrogen and oxygen atoms in total. The van der Waals surface area contributed by atoms with Crippen molar-refractivity contribution in [3.8, 4) is 0 Å². The Balaban J connectivity index is 3.05. The van der Waals surface area contributed by atoms with Crippen molar-refractivity contribution in [1.29, 1.82) is 0 Å². The summed E-state index contributed by atoms with van der Waals surface area (Å²) in [6, 6.07) is 0. The Labute approximate surface area is 321 Å². The highest BCUT2D eigenvalue weighted by atomic mass is 32.1. The number of ether oxygens (including phenoxy) is 16. The normalized spacial score (nSPS) is 12.3. The molecule has 0 aliphatic rings. The number of aliphatic hydroxyl groups excluding tert-OH is 2. The van der Waals surface area contributed by atoms with Crippen LogP contribution in [0.4, 0.5) is 0 Å². The number of rotatable bonds is 49. The maximum atomic E-state index is 8.93. The Morgan fingerprint density at radius 2 is 0.377 bits per heavy atom. The van der Waals surface area contributed by atoms with E-state index in [2.05, 4.69) is 12.6 Å². The monoisotopic (exact) mass is 798 g/mol. The zero-order valence-electron chi connectivity index (χ0n) is 31.8. The molecule has 1 atom stereocenters. The molecule has 0 aliphatic carbocycles. The van der Waals surface area contributed by atoms with Crippen molar-refractivity contribution >= 4 is 12.6 Å². The van der Waals surface area contributed by atoms with Gasteiger partial charge in [0.2, 0.25) is 0 Å². The zero-order valence-corrected chi connectivity index (χ0v) is 32.7. The summed E-state index contributed by atoms with van der Waals surface area (Å²) in [6.45, 7) is 15.1. The van der Waals surface area contributed by atoms with Crippen molar-refractivity contribution in [3.05, 3.63) is 0 Å². The van der Waals surface area contributed by atoms with Gasteiger partial charge in [-0.1, -0.05) is 0 Å². The van der Waals surface area contributed by atoms with E-state index in [1.165, 1.54) is 0 Å². The van der Waals surface area contributed by atoms with Crippen LogP contribution in [0.2, 0.25) is 0 Å². The summed E-state index contributed by atoms with van der Waals surface area (Å²) in [5.74, 6) is 0. The van der Waals surface area contributed by atoms with Crippen molar-refractivity contribution in [2.75, 3.05) is 218 Å². The quantitative estimate of drug-likeness (QED) is 0.0406. The van der Waals surface area contributed by atoms with Gasteiger partial charge in [-0.2, -0.15) is 0 Å². The van der Waals surface area contributed by atoms with Crippen LogP contribution in [-0.4, -0.2) is 234 Å². The fraction of sp³-hybridized carbons (Fsp3) is 1.00. The fourth-order valence-corrected chi connectivity index (χ4v) is 3.66. The molecule has 0 spiro atoms. The molecule has 320 valence electrons. The van der Waals surface area contributed by atoms with E-state index in [9.17, 15) is 0 Å². The molecular formula is C34H70O18S. The lowest BCUT2D eigenvalue weighted by molar-refractivity contribution is -0.0307. The van der Waals surface area contributed by atoms with E-state index in [0.717, 1.165) is 0 Å². The van der Waals surface area contributed by atoms with E-state index in [1.54, 1.807) is 0 Å². The summed E-state index contributed by atoms with van der Waals surface area (Å²) in [6.07, 6.45) is 0. The fourth-order valence-electron chi connectivity index (χ4n) is 3.55. The Hall–Kier alpha value is -0.370. The lowest BCUT2D eigenvalue weighted by Crippen LogP contribution is -2.16. The Morgan fingerprint density at radius 1 is 0.245 bits per heavy atom. The molecule has 0 saturated carbocycles. The molecule has 0 fully saturated rings. The summed E-state index contributed by atoms with van der Waals surface area (Å²) in [5, 5.41) is 17.5. The average molecular weight is 799 g/mol. The van der Waals surface area contributed by atoms with Crippen LogP contribution in [0.1, 0.15) is 0 Å². The first kappa shape index (κ1) is 52.6. The lowest BCUT2D eigenvalue weighted by atomic mass is 10.6. The van der Waals surface area contributed by atoms with Crippen molar-refractivity contribution in [1.82, 2.24) is 0 Å². The lowest BCUT2D eigenvalue weighted by Gasteiger charge is -2.09. The minimum Gasteiger partial charge on any atom is -0.394 e. The highest BCUT2D eigenvalue weighted by Gasteiger charge is 1.99. The van der Waals surface area contributed by atoms with Gasteiger partial charge in [-0.15, -0.1) is 12.6 Å². The molecule has 19 heteroatoms. The van der Waals surface area contributed by atoms with Crippen LogP contribution in [0.25, 0.3) is 0 Å². The van der Waals surface area contributed by atoms with Crippen LogP contribution in [0, 0.1) is 0 Å². The van der Waals surface area contributed by atoms with Gasteiger partial charge in [0.25, 0.3) is 0 Å². The van der Waals surface area contributed by atoms with Crippen LogP contribution in [0.5, 0.6) is 0 Å². The molecule has 0 saturated heterocycles. The van der Waals surface area contributed by atoms with Gasteiger partial charge in [-0.05, 0) is 0 Å². The number of hydrogen-bond acceptors (Lipinski definition) is 19. The van der Waals surface area contributed by atoms with Gasteiger partial charge < -0.3 is 86.0 Å². The Kier molecular flexibility index (Phi) is 49.3. The third-order valence-electron chi connectivity index (χ3n) is 6.08. The van der Waals surface area contributed by atoms with Crippen molar-refractivity contribution < 1.29 is 86.0 Å². The predicted molar refractivity (Wildman–Crippen MR) is 195 cm³/mol. The summed E-state index contributed by atoms with van der Waals surface area (Å²) in [7, 11) is 0. The van der Waals surface area contributed by atoms with Crippen LogP contribution < -0.4 is 0 Å². The molecule has 1 unspecified atom stereocenters. The highest BCUT2D eigenvalue weighted by Crippen LogP contribution is 1.91. The van der Waals surface area contributed by atoms with Crippen LogP contribution in [-0.2, 0) is 75.8 Å². The predicted octanol–water partition coefficient (Wildman–Crippen LogP) is -0.507. The average Bonchev–Trinajstić information content (AvgIpc) is 3.15. The molecule has 0 aromatic rings. The van der Waals surface area contributed by atoms with Crippen molar-refractivity contribution in [2.24, 2.45) is 0 Å². The van der Waals surface area contributed by atoms with Gasteiger partial charge >= 0.3 is 0 Å². The first-order valence-electron chi connectivity index (χ1n) is 18.5. The topological polar surface area (TPSA) is 188 Å². The molecule has 0 radical (unpaired) electrons. The van der Waals surface area contributed by atoms with E-state index >= 15 is 0 Å². The number of aliphatic hydroxyl groups is 2. The van der Waals surface area contributed by atoms with Crippen LogP contribution >= 0.6 is 12.6 Å². The molecule has 0 bridgehead atoms. The third kappa shape index (κ3) is 51.6. The molecule has 0 amide bonds. The van der Waals surface area contributed by atoms with Gasteiger partial charge in [-0.3, -0.25) is 0 Å². The molecule has 2 N–H and O–H groups in total. The summed E-state index contributed by atoms with van der Waals surface area (Å²) in [5.41, 5.74) is -0.764. The van der Waals surface area contributed by atoms with Crippen LogP contribution in [0.3, 0.4) is 0 Å². The Morgan fingerprint density at radius 3 is 0.509 bits per heavy atom. The second-order valence-electron chi connectivity index (χ2n) is 10.5. The summed E-state index contributed by atoms with van der Waals surface area (Å²) >= 11 is 3.80. The molecule has 53 heavy (non-hydrogen) atoms. The maximum absolute atomic E-state index is 8.93. The number of hydrogen-bond donors (Lipinski definition) is 3. The summed E-state index contributed by atoms with van der Waals surface area (Å²) < 4.78 is 86.4. The minimum atomic E-state index is -0.764. The highest BCUT2D eigenvalue weighted by molar-refractivity contribution is 7.80. The van der Waals surface area contributed by atoms with E-state index < -0.39 is 5.44 Å². The molecule has 0 aromatic carbocycles. The molecular weight excluding hydrogens is 728 g/mol. The first-order valence-corrected chi connectivity index (χ1v) is 19.0. The number of thiol groups is 1. The van der Waals surface area contributed by atoms with Crippen molar-refractivity contribution in [2.45, 2.75) is 5.44 Å². The van der Waals surface area contributed by atoms with E-state index in [0.29, 0.717) is 205 Å². The van der Waals surface area contributed by atoms with Crippen molar-refractivity contribution in [3.63, 3.8) is 0 Å². The van der Waals surface area contributed by atoms with Crippen LogP contribution in [0.15, 0.2) is 0 Å².